The Hall–Kier alpha value is -2.83. The smallest absolute Gasteiger partial charge is 0.252 e. The van der Waals surface area contributed by atoms with Gasteiger partial charge in [0.25, 0.3) is 5.91 Å². The number of nitrogens with one attached hydrogen (secondary N) is 1. The van der Waals surface area contributed by atoms with E-state index in [0.717, 1.165) is 29.8 Å². The molecule has 0 aliphatic carbocycles. The van der Waals surface area contributed by atoms with Crippen LogP contribution in [0.3, 0.4) is 0 Å². The zero-order valence-corrected chi connectivity index (χ0v) is 13.8. The molecule has 1 aromatic heterocycles. The lowest BCUT2D eigenvalue weighted by atomic mass is 9.91. The highest BCUT2D eigenvalue weighted by atomic mass is 16.5. The highest BCUT2D eigenvalue weighted by molar-refractivity contribution is 5.94. The second kappa shape index (κ2) is 6.23. The minimum Gasteiger partial charge on any atom is -0.492 e. The molecule has 0 saturated carbocycles. The molecule has 0 unspecified atom stereocenters. The number of aromatic nitrogens is 2. The van der Waals surface area contributed by atoms with Crippen LogP contribution in [-0.4, -0.2) is 46.6 Å². The fraction of sp³-hybridized carbons (Fsp3) is 0.389. The maximum atomic E-state index is 13.0. The van der Waals surface area contributed by atoms with Crippen molar-refractivity contribution in [2.45, 2.75) is 24.7 Å². The van der Waals surface area contributed by atoms with E-state index in [1.807, 2.05) is 29.2 Å². The van der Waals surface area contributed by atoms with Gasteiger partial charge in [-0.05, 0) is 18.9 Å². The summed E-state index contributed by atoms with van der Waals surface area (Å²) in [5.74, 6) is 0.159. The molecule has 3 N–H and O–H groups in total. The summed E-state index contributed by atoms with van der Waals surface area (Å²) < 4.78 is 5.65. The number of para-hydroxylation sites is 1. The highest BCUT2D eigenvalue weighted by Crippen LogP contribution is 2.36. The number of benzene rings is 1. The van der Waals surface area contributed by atoms with Gasteiger partial charge in [-0.3, -0.25) is 14.7 Å². The van der Waals surface area contributed by atoms with E-state index in [4.69, 9.17) is 10.5 Å². The van der Waals surface area contributed by atoms with Gasteiger partial charge in [0.1, 0.15) is 18.3 Å². The molecular formula is C18H20N4O3. The van der Waals surface area contributed by atoms with E-state index >= 15 is 0 Å². The monoisotopic (exact) mass is 340 g/mol. The lowest BCUT2D eigenvalue weighted by molar-refractivity contribution is -0.134. The fourth-order valence-corrected chi connectivity index (χ4v) is 3.80. The number of primary amides is 1. The Labute approximate surface area is 145 Å². The molecule has 2 aromatic rings. The molecule has 7 nitrogen and oxygen atoms in total. The number of nitrogens with two attached hydrogens (primary N) is 1. The number of piperidine rings is 1. The number of aromatic amines is 1. The molecule has 1 fully saturated rings. The Morgan fingerprint density at radius 2 is 2.16 bits per heavy atom. The van der Waals surface area contributed by atoms with Crippen LogP contribution in [0.4, 0.5) is 0 Å². The molecule has 130 valence electrons. The van der Waals surface area contributed by atoms with Crippen LogP contribution >= 0.6 is 0 Å². The Balaban J connectivity index is 1.53. The molecule has 0 radical (unpaired) electrons. The minimum atomic E-state index is -0.495. The van der Waals surface area contributed by atoms with Crippen LogP contribution < -0.4 is 10.5 Å². The molecule has 2 aliphatic rings. The van der Waals surface area contributed by atoms with Crippen molar-refractivity contribution in [2.24, 2.45) is 5.73 Å². The lowest BCUT2D eigenvalue weighted by Gasteiger charge is -2.34. The van der Waals surface area contributed by atoms with Gasteiger partial charge < -0.3 is 15.4 Å². The number of likely N-dealkylation sites (tertiary alicyclic amines) is 1. The van der Waals surface area contributed by atoms with Gasteiger partial charge >= 0.3 is 0 Å². The van der Waals surface area contributed by atoms with Gasteiger partial charge in [-0.2, -0.15) is 5.10 Å². The first-order valence-electron chi connectivity index (χ1n) is 8.48. The molecule has 0 spiro atoms. The third-order valence-electron chi connectivity index (χ3n) is 5.07. The van der Waals surface area contributed by atoms with Crippen molar-refractivity contribution in [1.82, 2.24) is 15.1 Å². The van der Waals surface area contributed by atoms with Crippen LogP contribution in [0.2, 0.25) is 0 Å². The summed E-state index contributed by atoms with van der Waals surface area (Å²) in [6.07, 6.45) is 3.23. The SMILES string of the molecule is NC(=O)c1cn[nH]c1[C@H]1CCCN(C(=O)[C@H]2COc3ccccc32)C1. The maximum absolute atomic E-state index is 13.0. The molecule has 2 aliphatic heterocycles. The molecule has 7 heteroatoms. The standard InChI is InChI=1S/C18H20N4O3/c19-17(23)13-8-20-21-16(13)11-4-3-7-22(9-11)18(24)14-10-25-15-6-2-1-5-12(14)15/h1-2,5-6,8,11,14H,3-4,7,9-10H2,(H2,19,23)(H,20,21)/t11-,14-/m0/s1. The topological polar surface area (TPSA) is 101 Å². The summed E-state index contributed by atoms with van der Waals surface area (Å²) in [5, 5.41) is 6.83. The highest BCUT2D eigenvalue weighted by Gasteiger charge is 2.36. The van der Waals surface area contributed by atoms with Crippen LogP contribution in [0.25, 0.3) is 0 Å². The van der Waals surface area contributed by atoms with Crippen LogP contribution in [-0.2, 0) is 4.79 Å². The fourth-order valence-electron chi connectivity index (χ4n) is 3.80. The summed E-state index contributed by atoms with van der Waals surface area (Å²) in [7, 11) is 0. The van der Waals surface area contributed by atoms with Gasteiger partial charge in [-0.25, -0.2) is 0 Å². The van der Waals surface area contributed by atoms with Crippen LogP contribution in [0.15, 0.2) is 30.5 Å². The van der Waals surface area contributed by atoms with Crippen LogP contribution in [0.5, 0.6) is 5.75 Å². The summed E-state index contributed by atoms with van der Waals surface area (Å²) >= 11 is 0. The molecule has 3 heterocycles. The van der Waals surface area contributed by atoms with Gasteiger partial charge in [0.2, 0.25) is 5.91 Å². The summed E-state index contributed by atoms with van der Waals surface area (Å²) in [6.45, 7) is 1.66. The predicted octanol–water partition coefficient (Wildman–Crippen LogP) is 1.39. The van der Waals surface area contributed by atoms with E-state index < -0.39 is 5.91 Å². The Morgan fingerprint density at radius 1 is 1.32 bits per heavy atom. The number of rotatable bonds is 3. The van der Waals surface area contributed by atoms with Gasteiger partial charge in [-0.1, -0.05) is 18.2 Å². The normalized spacial score (nSPS) is 22.3. The van der Waals surface area contributed by atoms with E-state index in [0.29, 0.717) is 25.3 Å². The number of hydrogen-bond acceptors (Lipinski definition) is 4. The van der Waals surface area contributed by atoms with Crippen molar-refractivity contribution in [1.29, 1.82) is 0 Å². The zero-order valence-electron chi connectivity index (χ0n) is 13.8. The zero-order chi connectivity index (χ0) is 17.4. The number of hydrogen-bond donors (Lipinski definition) is 2. The molecule has 4 rings (SSSR count). The molecule has 25 heavy (non-hydrogen) atoms. The Bertz CT molecular complexity index is 816. The van der Waals surface area contributed by atoms with E-state index in [9.17, 15) is 9.59 Å². The van der Waals surface area contributed by atoms with Crippen molar-refractivity contribution in [2.75, 3.05) is 19.7 Å². The van der Waals surface area contributed by atoms with Crippen molar-refractivity contribution in [3.05, 3.63) is 47.3 Å². The lowest BCUT2D eigenvalue weighted by Crippen LogP contribution is -2.42. The Morgan fingerprint density at radius 3 is 3.00 bits per heavy atom. The van der Waals surface area contributed by atoms with Crippen molar-refractivity contribution < 1.29 is 14.3 Å². The quantitative estimate of drug-likeness (QED) is 0.881. The van der Waals surface area contributed by atoms with Crippen molar-refractivity contribution in [3.8, 4) is 5.75 Å². The van der Waals surface area contributed by atoms with Crippen LogP contribution in [0, 0.1) is 0 Å². The molecule has 0 bridgehead atoms. The minimum absolute atomic E-state index is 0.0419. The first kappa shape index (κ1) is 15.7. The Kier molecular flexibility index (Phi) is 3.91. The third-order valence-corrected chi connectivity index (χ3v) is 5.07. The van der Waals surface area contributed by atoms with E-state index in [1.165, 1.54) is 6.20 Å². The number of H-pyrrole nitrogens is 1. The molecule has 2 atom stereocenters. The van der Waals surface area contributed by atoms with Gasteiger partial charge in [0.05, 0.1) is 17.5 Å². The average Bonchev–Trinajstić information content (AvgIpc) is 3.28. The van der Waals surface area contributed by atoms with E-state index in [2.05, 4.69) is 10.2 Å². The molecule has 2 amide bonds. The summed E-state index contributed by atoms with van der Waals surface area (Å²) in [5.41, 5.74) is 7.51. The molecular weight excluding hydrogens is 320 g/mol. The molecule has 1 saturated heterocycles. The number of nitrogens with zero attached hydrogens (tertiary/aromatic N) is 2. The average molecular weight is 340 g/mol. The molecule has 1 aromatic carbocycles. The number of carbonyl (C=O) groups is 2. The number of fused-ring (bicyclic) bond motifs is 1. The van der Waals surface area contributed by atoms with Gasteiger partial charge in [0.15, 0.2) is 0 Å². The first-order chi connectivity index (χ1) is 12.1. The summed E-state index contributed by atoms with van der Waals surface area (Å²) in [4.78, 5) is 26.4. The number of carbonyl (C=O) groups excluding carboxylic acids is 2. The number of amides is 2. The maximum Gasteiger partial charge on any atom is 0.252 e. The van der Waals surface area contributed by atoms with Crippen molar-refractivity contribution in [3.63, 3.8) is 0 Å². The second-order valence-electron chi connectivity index (χ2n) is 6.59. The third kappa shape index (κ3) is 2.75. The number of ether oxygens (including phenoxy) is 1. The van der Waals surface area contributed by atoms with Crippen LogP contribution in [0.1, 0.15) is 46.3 Å². The largest absolute Gasteiger partial charge is 0.492 e. The van der Waals surface area contributed by atoms with E-state index in [1.54, 1.807) is 0 Å². The van der Waals surface area contributed by atoms with Crippen molar-refractivity contribution >= 4 is 11.8 Å². The van der Waals surface area contributed by atoms with Gasteiger partial charge in [0, 0.05) is 24.6 Å². The summed E-state index contributed by atoms with van der Waals surface area (Å²) in [6, 6.07) is 7.68. The predicted molar refractivity (Wildman–Crippen MR) is 90.3 cm³/mol. The first-order valence-corrected chi connectivity index (χ1v) is 8.48. The van der Waals surface area contributed by atoms with Gasteiger partial charge in [-0.15, -0.1) is 0 Å². The van der Waals surface area contributed by atoms with E-state index in [-0.39, 0.29) is 17.7 Å². The second-order valence-corrected chi connectivity index (χ2v) is 6.59.